The maximum Gasteiger partial charge on any atom is 0.318 e. The smallest absolute Gasteiger partial charge is 0.318 e. The number of carbonyl (C=O) groups excluding carboxylic acids is 2. The number of imide groups is 1. The lowest BCUT2D eigenvalue weighted by Gasteiger charge is -2.31. The van der Waals surface area contributed by atoms with Gasteiger partial charge in [0, 0.05) is 12.6 Å². The van der Waals surface area contributed by atoms with Gasteiger partial charge in [-0.1, -0.05) is 0 Å². The summed E-state index contributed by atoms with van der Waals surface area (Å²) in [5.74, 6) is -0.334. The van der Waals surface area contributed by atoms with Crippen LogP contribution in [0.15, 0.2) is 0 Å². The zero-order valence-corrected chi connectivity index (χ0v) is 8.95. The number of amides is 3. The van der Waals surface area contributed by atoms with Crippen LogP contribution >= 0.6 is 0 Å². The molecule has 1 atom stereocenters. The van der Waals surface area contributed by atoms with Gasteiger partial charge in [-0.2, -0.15) is 0 Å². The summed E-state index contributed by atoms with van der Waals surface area (Å²) in [6.07, 6.45) is 2.19. The van der Waals surface area contributed by atoms with Gasteiger partial charge in [-0.25, -0.2) is 4.79 Å². The molecule has 0 aromatic carbocycles. The van der Waals surface area contributed by atoms with Crippen molar-refractivity contribution in [3.8, 4) is 0 Å². The summed E-state index contributed by atoms with van der Waals surface area (Å²) in [6.45, 7) is 1.97. The van der Waals surface area contributed by atoms with Crippen molar-refractivity contribution in [3.63, 3.8) is 0 Å². The number of nitrogens with two attached hydrogens (primary N) is 1. The van der Waals surface area contributed by atoms with E-state index in [1.54, 1.807) is 0 Å². The molecule has 4 N–H and O–H groups in total. The van der Waals surface area contributed by atoms with E-state index in [2.05, 4.69) is 10.6 Å². The van der Waals surface area contributed by atoms with Gasteiger partial charge in [0.25, 0.3) is 0 Å². The van der Waals surface area contributed by atoms with Crippen molar-refractivity contribution in [2.45, 2.75) is 18.9 Å². The van der Waals surface area contributed by atoms with Crippen molar-refractivity contribution in [1.29, 1.82) is 0 Å². The number of piperidine rings is 1. The molecular weight excluding hydrogens is 196 g/mol. The Labute approximate surface area is 89.2 Å². The Bertz CT molecular complexity index is 244. The number of nitrogens with one attached hydrogen (secondary N) is 2. The average molecular weight is 214 g/mol. The summed E-state index contributed by atoms with van der Waals surface area (Å²) in [7, 11) is 1.91. The topological polar surface area (TPSA) is 87.5 Å². The summed E-state index contributed by atoms with van der Waals surface area (Å²) in [5, 5.41) is 5.24. The Balaban J connectivity index is 2.31. The van der Waals surface area contributed by atoms with Crippen LogP contribution in [0, 0.1) is 0 Å². The Morgan fingerprint density at radius 1 is 1.53 bits per heavy atom. The molecule has 15 heavy (non-hydrogen) atoms. The largest absolute Gasteiger partial charge is 0.351 e. The Morgan fingerprint density at radius 3 is 2.87 bits per heavy atom. The molecule has 86 valence electrons. The minimum atomic E-state index is -0.790. The monoisotopic (exact) mass is 214 g/mol. The molecule has 0 radical (unpaired) electrons. The summed E-state index contributed by atoms with van der Waals surface area (Å²) >= 11 is 0. The van der Waals surface area contributed by atoms with Crippen molar-refractivity contribution >= 4 is 11.9 Å². The fourth-order valence-electron chi connectivity index (χ4n) is 1.81. The maximum absolute atomic E-state index is 11.2. The van der Waals surface area contributed by atoms with Gasteiger partial charge in [-0.15, -0.1) is 0 Å². The molecule has 1 unspecified atom stereocenters. The fraction of sp³-hybridized carbons (Fsp3) is 0.778. The molecule has 0 aromatic heterocycles. The van der Waals surface area contributed by atoms with Crippen LogP contribution in [0.4, 0.5) is 4.79 Å². The van der Waals surface area contributed by atoms with Crippen LogP contribution in [-0.4, -0.2) is 49.6 Å². The first kappa shape index (κ1) is 11.9. The van der Waals surface area contributed by atoms with Crippen molar-refractivity contribution in [1.82, 2.24) is 15.5 Å². The molecule has 3 amide bonds. The summed E-state index contributed by atoms with van der Waals surface area (Å²) < 4.78 is 0. The average Bonchev–Trinajstić information content (AvgIpc) is 2.16. The van der Waals surface area contributed by atoms with Crippen molar-refractivity contribution in [2.75, 3.05) is 26.7 Å². The van der Waals surface area contributed by atoms with Gasteiger partial charge in [-0.3, -0.25) is 15.0 Å². The molecule has 1 aliphatic rings. The highest BCUT2D eigenvalue weighted by Gasteiger charge is 2.20. The Hall–Kier alpha value is -1.14. The predicted molar refractivity (Wildman–Crippen MR) is 56.2 cm³/mol. The van der Waals surface area contributed by atoms with Crippen LogP contribution in [0.2, 0.25) is 0 Å². The number of carbonyl (C=O) groups is 2. The number of likely N-dealkylation sites (N-methyl/N-ethyl adjacent to an activating group) is 1. The molecule has 1 fully saturated rings. The zero-order chi connectivity index (χ0) is 11.3. The van der Waals surface area contributed by atoms with E-state index in [-0.39, 0.29) is 12.5 Å². The van der Waals surface area contributed by atoms with E-state index in [4.69, 9.17) is 5.73 Å². The van der Waals surface area contributed by atoms with Crippen molar-refractivity contribution < 1.29 is 9.59 Å². The maximum atomic E-state index is 11.2. The molecule has 6 heteroatoms. The quantitative estimate of drug-likeness (QED) is 0.554. The van der Waals surface area contributed by atoms with Crippen LogP contribution in [-0.2, 0) is 4.79 Å². The van der Waals surface area contributed by atoms with Gasteiger partial charge < -0.3 is 11.1 Å². The zero-order valence-electron chi connectivity index (χ0n) is 8.95. The fourth-order valence-corrected chi connectivity index (χ4v) is 1.81. The first-order chi connectivity index (χ1) is 7.11. The molecule has 1 heterocycles. The third-order valence-electron chi connectivity index (χ3n) is 2.54. The summed E-state index contributed by atoms with van der Waals surface area (Å²) in [4.78, 5) is 23.7. The predicted octanol–water partition coefficient (Wildman–Crippen LogP) is -1.13. The molecule has 1 aliphatic heterocycles. The van der Waals surface area contributed by atoms with E-state index in [0.29, 0.717) is 6.04 Å². The van der Waals surface area contributed by atoms with E-state index in [1.807, 2.05) is 11.9 Å². The standard InChI is InChI=1S/C9H18N4O2/c1-11-7-3-2-4-13(5-7)6-8(14)12-9(10)15/h7,11H,2-6H2,1H3,(H3,10,12,14,15). The first-order valence-corrected chi connectivity index (χ1v) is 5.10. The van der Waals surface area contributed by atoms with Crippen LogP contribution in [0.1, 0.15) is 12.8 Å². The summed E-state index contributed by atoms with van der Waals surface area (Å²) in [5.41, 5.74) is 4.85. The van der Waals surface area contributed by atoms with Gasteiger partial charge in [0.05, 0.1) is 6.54 Å². The van der Waals surface area contributed by atoms with Gasteiger partial charge in [-0.05, 0) is 26.4 Å². The van der Waals surface area contributed by atoms with E-state index in [9.17, 15) is 9.59 Å². The number of urea groups is 1. The minimum absolute atomic E-state index is 0.237. The number of rotatable bonds is 3. The van der Waals surface area contributed by atoms with E-state index >= 15 is 0 Å². The molecule has 0 bridgehead atoms. The summed E-state index contributed by atoms with van der Waals surface area (Å²) in [6, 6.07) is -0.359. The number of primary amides is 1. The van der Waals surface area contributed by atoms with Gasteiger partial charge in [0.2, 0.25) is 5.91 Å². The van der Waals surface area contributed by atoms with E-state index in [0.717, 1.165) is 25.9 Å². The van der Waals surface area contributed by atoms with Gasteiger partial charge in [0.15, 0.2) is 0 Å². The Kier molecular flexibility index (Phi) is 4.51. The van der Waals surface area contributed by atoms with Gasteiger partial charge >= 0.3 is 6.03 Å². The highest BCUT2D eigenvalue weighted by atomic mass is 16.2. The second-order valence-electron chi connectivity index (χ2n) is 3.78. The minimum Gasteiger partial charge on any atom is -0.351 e. The molecular formula is C9H18N4O2. The van der Waals surface area contributed by atoms with Crippen molar-refractivity contribution in [3.05, 3.63) is 0 Å². The third kappa shape index (κ3) is 4.26. The lowest BCUT2D eigenvalue weighted by Crippen LogP contribution is -2.49. The molecule has 1 saturated heterocycles. The molecule has 0 spiro atoms. The Morgan fingerprint density at radius 2 is 2.27 bits per heavy atom. The van der Waals surface area contributed by atoms with Crippen molar-refractivity contribution in [2.24, 2.45) is 5.73 Å². The van der Waals surface area contributed by atoms with E-state index in [1.165, 1.54) is 0 Å². The number of hydrogen-bond donors (Lipinski definition) is 3. The second-order valence-corrected chi connectivity index (χ2v) is 3.78. The molecule has 1 rings (SSSR count). The second kappa shape index (κ2) is 5.67. The SMILES string of the molecule is CNC1CCCN(CC(=O)NC(N)=O)C1. The number of likely N-dealkylation sites (tertiary alicyclic amines) is 1. The molecule has 0 aromatic rings. The van der Waals surface area contributed by atoms with Crippen LogP contribution in [0.3, 0.4) is 0 Å². The lowest BCUT2D eigenvalue weighted by molar-refractivity contribution is -0.121. The molecule has 6 nitrogen and oxygen atoms in total. The number of nitrogens with zero attached hydrogens (tertiary/aromatic N) is 1. The lowest BCUT2D eigenvalue weighted by atomic mass is 10.1. The van der Waals surface area contributed by atoms with Gasteiger partial charge in [0.1, 0.15) is 0 Å². The van der Waals surface area contributed by atoms with Crippen LogP contribution in [0.25, 0.3) is 0 Å². The first-order valence-electron chi connectivity index (χ1n) is 5.10. The number of hydrogen-bond acceptors (Lipinski definition) is 4. The molecule has 0 aliphatic carbocycles. The van der Waals surface area contributed by atoms with E-state index < -0.39 is 6.03 Å². The van der Waals surface area contributed by atoms with Crippen LogP contribution in [0.5, 0.6) is 0 Å². The normalized spacial score (nSPS) is 22.3. The highest BCUT2D eigenvalue weighted by molar-refractivity contribution is 5.94. The highest BCUT2D eigenvalue weighted by Crippen LogP contribution is 2.08. The third-order valence-corrected chi connectivity index (χ3v) is 2.54. The molecule has 0 saturated carbocycles. The van der Waals surface area contributed by atoms with Crippen LogP contribution < -0.4 is 16.4 Å².